The number of aliphatic imine (C=N–C) groups is 1. The largest absolute Gasteiger partial charge is 0.382 e. The van der Waals surface area contributed by atoms with Crippen LogP contribution in [-0.4, -0.2) is 89.8 Å². The first-order valence-electron chi connectivity index (χ1n) is 10.6. The Kier molecular flexibility index (Phi) is 18.7. The van der Waals surface area contributed by atoms with Gasteiger partial charge in [-0.05, 0) is 32.1 Å². The highest BCUT2D eigenvalue weighted by Crippen LogP contribution is 2.14. The maximum Gasteiger partial charge on any atom is 0.191 e. The average Bonchev–Trinajstić information content (AvgIpc) is 2.67. The van der Waals surface area contributed by atoms with E-state index < -0.39 is 0 Å². The Morgan fingerprint density at radius 2 is 1.86 bits per heavy atom. The maximum absolute atomic E-state index is 5.51. The number of halogens is 1. The first-order chi connectivity index (χ1) is 13.2. The van der Waals surface area contributed by atoms with Gasteiger partial charge in [0.25, 0.3) is 0 Å². The molecule has 8 heteroatoms. The second kappa shape index (κ2) is 18.8. The summed E-state index contributed by atoms with van der Waals surface area (Å²) in [5.41, 5.74) is 0. The Balaban J connectivity index is 0.00000729. The van der Waals surface area contributed by atoms with Crippen molar-refractivity contribution in [2.45, 2.75) is 46.1 Å². The number of guanidine groups is 1. The van der Waals surface area contributed by atoms with Gasteiger partial charge in [0.15, 0.2) is 5.96 Å². The minimum absolute atomic E-state index is 0. The monoisotopic (exact) mass is 514 g/mol. The topological polar surface area (TPSA) is 67.4 Å². The Bertz CT molecular complexity index is 380. The third-order valence-electron chi connectivity index (χ3n) is 4.55. The molecule has 1 rings (SSSR count). The van der Waals surface area contributed by atoms with Gasteiger partial charge in [0.2, 0.25) is 0 Å². The van der Waals surface area contributed by atoms with Gasteiger partial charge in [-0.15, -0.1) is 24.0 Å². The Morgan fingerprint density at radius 3 is 2.50 bits per heavy atom. The molecule has 7 nitrogen and oxygen atoms in total. The molecule has 168 valence electrons. The molecular formula is C20H43IN4O3. The van der Waals surface area contributed by atoms with Gasteiger partial charge in [0, 0.05) is 45.9 Å². The van der Waals surface area contributed by atoms with Crippen molar-refractivity contribution >= 4 is 29.9 Å². The van der Waals surface area contributed by atoms with Crippen LogP contribution in [0.5, 0.6) is 0 Å². The summed E-state index contributed by atoms with van der Waals surface area (Å²) in [6, 6.07) is 0.485. The molecule has 0 aromatic carbocycles. The second-order valence-electron chi connectivity index (χ2n) is 7.39. The summed E-state index contributed by atoms with van der Waals surface area (Å²) < 4.78 is 16.0. The lowest BCUT2D eigenvalue weighted by molar-refractivity contribution is 0.0143. The van der Waals surface area contributed by atoms with Crippen LogP contribution in [0.15, 0.2) is 4.99 Å². The fraction of sp³-hybridized carbons (Fsp3) is 0.950. The number of hydrogen-bond acceptors (Lipinski definition) is 5. The van der Waals surface area contributed by atoms with Crippen molar-refractivity contribution in [2.24, 2.45) is 10.9 Å². The Morgan fingerprint density at radius 1 is 1.11 bits per heavy atom. The molecular weight excluding hydrogens is 471 g/mol. The quantitative estimate of drug-likeness (QED) is 0.161. The molecule has 2 N–H and O–H groups in total. The van der Waals surface area contributed by atoms with Crippen molar-refractivity contribution in [1.82, 2.24) is 15.5 Å². The predicted molar refractivity (Wildman–Crippen MR) is 127 cm³/mol. The van der Waals surface area contributed by atoms with E-state index in [0.717, 1.165) is 71.3 Å². The minimum Gasteiger partial charge on any atom is -0.382 e. The van der Waals surface area contributed by atoms with Gasteiger partial charge < -0.3 is 24.8 Å². The molecule has 1 heterocycles. The number of unbranched alkanes of at least 4 members (excludes halogenated alkanes) is 1. The zero-order chi connectivity index (χ0) is 19.7. The molecule has 0 bridgehead atoms. The zero-order valence-corrected chi connectivity index (χ0v) is 20.7. The lowest BCUT2D eigenvalue weighted by atomic mass is 10.0. The molecule has 1 aliphatic heterocycles. The van der Waals surface area contributed by atoms with E-state index in [0.29, 0.717) is 25.2 Å². The van der Waals surface area contributed by atoms with E-state index in [9.17, 15) is 0 Å². The molecule has 0 aromatic rings. The first-order valence-corrected chi connectivity index (χ1v) is 10.6. The SMILES string of the molecule is CCNC(=NCC(CC(C)C)N1CCOCC1)NCCCCOCCOC.I. The molecule has 1 atom stereocenters. The van der Waals surface area contributed by atoms with Crippen LogP contribution >= 0.6 is 24.0 Å². The smallest absolute Gasteiger partial charge is 0.191 e. The van der Waals surface area contributed by atoms with Gasteiger partial charge in [-0.2, -0.15) is 0 Å². The van der Waals surface area contributed by atoms with Crippen LogP contribution in [0.4, 0.5) is 0 Å². The minimum atomic E-state index is 0. The summed E-state index contributed by atoms with van der Waals surface area (Å²) in [5, 5.41) is 6.81. The summed E-state index contributed by atoms with van der Waals surface area (Å²) >= 11 is 0. The summed E-state index contributed by atoms with van der Waals surface area (Å²) in [4.78, 5) is 7.40. The normalized spacial score (nSPS) is 16.7. The van der Waals surface area contributed by atoms with E-state index in [-0.39, 0.29) is 24.0 Å². The van der Waals surface area contributed by atoms with Crippen LogP contribution in [0.1, 0.15) is 40.0 Å². The molecule has 1 unspecified atom stereocenters. The molecule has 1 fully saturated rings. The summed E-state index contributed by atoms with van der Waals surface area (Å²) in [6.07, 6.45) is 3.28. The van der Waals surface area contributed by atoms with E-state index in [1.165, 1.54) is 6.42 Å². The summed E-state index contributed by atoms with van der Waals surface area (Å²) in [7, 11) is 1.69. The molecule has 1 aliphatic rings. The van der Waals surface area contributed by atoms with E-state index in [4.69, 9.17) is 19.2 Å². The third kappa shape index (κ3) is 13.9. The first kappa shape index (κ1) is 27.8. The molecule has 0 aromatic heterocycles. The highest BCUT2D eigenvalue weighted by atomic mass is 127. The number of morpholine rings is 1. The number of nitrogens with zero attached hydrogens (tertiary/aromatic N) is 2. The van der Waals surface area contributed by atoms with Crippen molar-refractivity contribution < 1.29 is 14.2 Å². The van der Waals surface area contributed by atoms with Crippen molar-refractivity contribution in [3.05, 3.63) is 0 Å². The molecule has 0 radical (unpaired) electrons. The Hall–Kier alpha value is -0.160. The number of methoxy groups -OCH3 is 1. The molecule has 0 aliphatic carbocycles. The third-order valence-corrected chi connectivity index (χ3v) is 4.55. The van der Waals surface area contributed by atoms with Crippen LogP contribution in [0.25, 0.3) is 0 Å². The highest BCUT2D eigenvalue weighted by molar-refractivity contribution is 14.0. The average molecular weight is 514 g/mol. The summed E-state index contributed by atoms with van der Waals surface area (Å²) in [5.74, 6) is 1.58. The van der Waals surface area contributed by atoms with Crippen LogP contribution in [0.2, 0.25) is 0 Å². The van der Waals surface area contributed by atoms with Crippen molar-refractivity contribution in [1.29, 1.82) is 0 Å². The van der Waals surface area contributed by atoms with Gasteiger partial charge in [0.05, 0.1) is 33.0 Å². The predicted octanol–water partition coefficient (Wildman–Crippen LogP) is 2.35. The van der Waals surface area contributed by atoms with Gasteiger partial charge in [-0.1, -0.05) is 13.8 Å². The van der Waals surface area contributed by atoms with E-state index in [1.54, 1.807) is 7.11 Å². The van der Waals surface area contributed by atoms with Crippen molar-refractivity contribution in [3.63, 3.8) is 0 Å². The lowest BCUT2D eigenvalue weighted by Gasteiger charge is -2.34. The molecule has 0 amide bonds. The molecule has 28 heavy (non-hydrogen) atoms. The molecule has 1 saturated heterocycles. The van der Waals surface area contributed by atoms with Crippen LogP contribution in [0, 0.1) is 5.92 Å². The van der Waals surface area contributed by atoms with Crippen molar-refractivity contribution in [3.8, 4) is 0 Å². The van der Waals surface area contributed by atoms with Gasteiger partial charge in [-0.3, -0.25) is 9.89 Å². The van der Waals surface area contributed by atoms with Crippen LogP contribution in [0.3, 0.4) is 0 Å². The number of nitrogens with one attached hydrogen (secondary N) is 2. The zero-order valence-electron chi connectivity index (χ0n) is 18.4. The summed E-state index contributed by atoms with van der Waals surface area (Å²) in [6.45, 7) is 15.1. The highest BCUT2D eigenvalue weighted by Gasteiger charge is 2.21. The maximum atomic E-state index is 5.51. The van der Waals surface area contributed by atoms with Gasteiger partial charge in [0.1, 0.15) is 0 Å². The van der Waals surface area contributed by atoms with Crippen molar-refractivity contribution in [2.75, 3.05) is 72.9 Å². The number of ether oxygens (including phenoxy) is 3. The number of hydrogen-bond donors (Lipinski definition) is 2. The molecule has 0 spiro atoms. The van der Waals surface area contributed by atoms with Crippen LogP contribution in [-0.2, 0) is 14.2 Å². The second-order valence-corrected chi connectivity index (χ2v) is 7.39. The van der Waals surface area contributed by atoms with E-state index >= 15 is 0 Å². The lowest BCUT2D eigenvalue weighted by Crippen LogP contribution is -2.46. The van der Waals surface area contributed by atoms with Gasteiger partial charge in [-0.25, -0.2) is 0 Å². The van der Waals surface area contributed by atoms with Crippen LogP contribution < -0.4 is 10.6 Å². The molecule has 0 saturated carbocycles. The van der Waals surface area contributed by atoms with E-state index in [2.05, 4.69) is 36.3 Å². The fourth-order valence-electron chi connectivity index (χ4n) is 3.14. The number of rotatable bonds is 14. The van der Waals surface area contributed by atoms with Gasteiger partial charge >= 0.3 is 0 Å². The fourth-order valence-corrected chi connectivity index (χ4v) is 3.14. The standard InChI is InChI=1S/C20H42N4O3.HI/c1-5-21-20(22-8-6-7-11-26-15-14-25-4)23-17-19(16-18(2)3)24-9-12-27-13-10-24;/h18-19H,5-17H2,1-4H3,(H2,21,22,23);1H. The van der Waals surface area contributed by atoms with E-state index in [1.807, 2.05) is 0 Å². The Labute approximate surface area is 189 Å².